The lowest BCUT2D eigenvalue weighted by Crippen LogP contribution is -2.10. The number of benzene rings is 4. The molecule has 0 unspecified atom stereocenters. The molecular weight excluding hydrogens is 693 g/mol. The molecule has 2 aliphatic carbocycles. The number of hydrogen-bond acceptors (Lipinski definition) is 6. The van der Waals surface area contributed by atoms with Gasteiger partial charge in [0.25, 0.3) is 0 Å². The summed E-state index contributed by atoms with van der Waals surface area (Å²) in [4.78, 5) is 16.6. The number of H-pyrrole nitrogens is 2. The first-order valence-electron chi connectivity index (χ1n) is 18.8. The van der Waals surface area contributed by atoms with E-state index < -0.39 is 0 Å². The molecule has 0 bridgehead atoms. The van der Waals surface area contributed by atoms with Crippen molar-refractivity contribution in [3.05, 3.63) is 142 Å². The summed E-state index contributed by atoms with van der Waals surface area (Å²) in [5.41, 5.74) is 18.2. The Bertz CT molecular complexity index is 2720. The second kappa shape index (κ2) is 13.9. The maximum absolute atomic E-state index is 9.88. The smallest absolute Gasteiger partial charge is 0.232 e. The number of fused-ring (bicyclic) bond motifs is 10. The molecule has 0 saturated heterocycles. The average Bonchev–Trinajstić information content (AvgIpc) is 3.82. The van der Waals surface area contributed by atoms with Gasteiger partial charge >= 0.3 is 0 Å². The highest BCUT2D eigenvalue weighted by Crippen LogP contribution is 2.45. The Kier molecular flexibility index (Phi) is 8.60. The van der Waals surface area contributed by atoms with E-state index in [9.17, 15) is 10.5 Å². The van der Waals surface area contributed by atoms with E-state index in [1.54, 1.807) is 14.2 Å². The Morgan fingerprint density at radius 3 is 1.27 bits per heavy atom. The van der Waals surface area contributed by atoms with E-state index in [4.69, 9.17) is 19.4 Å². The van der Waals surface area contributed by atoms with Crippen LogP contribution in [0.1, 0.15) is 44.5 Å². The van der Waals surface area contributed by atoms with Crippen molar-refractivity contribution in [1.29, 1.82) is 10.5 Å². The molecule has 2 aliphatic rings. The summed E-state index contributed by atoms with van der Waals surface area (Å²) in [6.45, 7) is 4.13. The number of hydrogen-bond donors (Lipinski definition) is 2. The number of nitrogens with one attached hydrogen (secondary N) is 2. The molecule has 10 rings (SSSR count). The number of nitrogens with zero attached hydrogens (tertiary/aromatic N) is 4. The fourth-order valence-corrected chi connectivity index (χ4v) is 8.51. The van der Waals surface area contributed by atoms with Crippen molar-refractivity contribution in [2.75, 3.05) is 14.2 Å². The Morgan fingerprint density at radius 2 is 0.893 bits per heavy atom. The minimum absolute atomic E-state index is 0.378. The van der Waals surface area contributed by atoms with E-state index in [-0.39, 0.29) is 0 Å². The van der Waals surface area contributed by atoms with Gasteiger partial charge in [0.1, 0.15) is 23.3 Å². The highest BCUT2D eigenvalue weighted by atomic mass is 16.5. The minimum atomic E-state index is 0.378. The van der Waals surface area contributed by atoms with Crippen molar-refractivity contribution in [1.82, 2.24) is 19.9 Å². The van der Waals surface area contributed by atoms with Crippen molar-refractivity contribution >= 4 is 21.8 Å². The zero-order valence-electron chi connectivity index (χ0n) is 31.7. The van der Waals surface area contributed by atoms with Crippen LogP contribution >= 0.6 is 0 Å². The van der Waals surface area contributed by atoms with Gasteiger partial charge in [-0.15, -0.1) is 0 Å². The molecule has 272 valence electrons. The third kappa shape index (κ3) is 5.58. The fraction of sp³-hybridized carbons (Fsp3) is 0.167. The standard InChI is InChI=1S/2C24H19N3O/c2*1-14-7-9-15(10-8-14)21-18-12-11-17-16-5-3-4-6-20(16)26-22(17)23(18)27-24(28-2)19(21)13-25/h2*3-10,26H,11-12H2,1-2H3. The van der Waals surface area contributed by atoms with Crippen LogP contribution in [0.25, 0.3) is 66.8 Å². The summed E-state index contributed by atoms with van der Waals surface area (Å²) in [5, 5.41) is 22.2. The molecule has 56 heavy (non-hydrogen) atoms. The lowest BCUT2D eigenvalue weighted by molar-refractivity contribution is 0.396. The van der Waals surface area contributed by atoms with Gasteiger partial charge in [0.15, 0.2) is 0 Å². The van der Waals surface area contributed by atoms with Gasteiger partial charge in [-0.25, -0.2) is 9.97 Å². The number of aryl methyl sites for hydroxylation is 4. The van der Waals surface area contributed by atoms with E-state index in [1.165, 1.54) is 33.0 Å². The highest BCUT2D eigenvalue weighted by Gasteiger charge is 2.30. The van der Waals surface area contributed by atoms with Gasteiger partial charge in [-0.2, -0.15) is 10.5 Å². The Hall–Kier alpha value is -7.16. The summed E-state index contributed by atoms with van der Waals surface area (Å²) in [6, 6.07) is 38.0. The lowest BCUT2D eigenvalue weighted by Gasteiger charge is -2.22. The van der Waals surface area contributed by atoms with Crippen molar-refractivity contribution in [2.45, 2.75) is 39.5 Å². The monoisotopic (exact) mass is 730 g/mol. The number of methoxy groups -OCH3 is 2. The van der Waals surface area contributed by atoms with Crippen LogP contribution in [0.4, 0.5) is 0 Å². The zero-order chi connectivity index (χ0) is 38.5. The second-order valence-corrected chi connectivity index (χ2v) is 14.4. The predicted octanol–water partition coefficient (Wildman–Crippen LogP) is 10.4. The summed E-state index contributed by atoms with van der Waals surface area (Å²) in [6.07, 6.45) is 3.53. The molecule has 0 aliphatic heterocycles. The lowest BCUT2D eigenvalue weighted by atomic mass is 9.85. The van der Waals surface area contributed by atoms with Crippen LogP contribution in [-0.4, -0.2) is 34.2 Å². The molecule has 0 atom stereocenters. The van der Waals surface area contributed by atoms with Crippen molar-refractivity contribution in [3.8, 4) is 68.9 Å². The highest BCUT2D eigenvalue weighted by molar-refractivity contribution is 5.95. The molecule has 8 aromatic rings. The van der Waals surface area contributed by atoms with Crippen LogP contribution < -0.4 is 9.47 Å². The molecule has 4 aromatic carbocycles. The van der Waals surface area contributed by atoms with Gasteiger partial charge < -0.3 is 19.4 Å². The van der Waals surface area contributed by atoms with Gasteiger partial charge in [-0.3, -0.25) is 0 Å². The Morgan fingerprint density at radius 1 is 0.518 bits per heavy atom. The van der Waals surface area contributed by atoms with Crippen LogP contribution in [0.15, 0.2) is 97.1 Å². The summed E-state index contributed by atoms with van der Waals surface area (Å²) >= 11 is 0. The topological polar surface area (TPSA) is 123 Å². The maximum Gasteiger partial charge on any atom is 0.232 e. The van der Waals surface area contributed by atoms with Crippen LogP contribution in [0.2, 0.25) is 0 Å². The molecule has 0 saturated carbocycles. The Labute approximate surface area is 325 Å². The quantitative estimate of drug-likeness (QED) is 0.186. The number of aromatic nitrogens is 4. The van der Waals surface area contributed by atoms with Crippen LogP contribution in [0.5, 0.6) is 11.8 Å². The molecule has 4 heterocycles. The SMILES string of the molecule is COc1nc2c(c(-c3ccc(C)cc3)c1C#N)CCc1c-2[nH]c2ccccc12.COc1nc2c(c(-c3ccc(C)cc3)c1C#N)CCc1c-2[nH]c2ccccc12. The molecule has 2 N–H and O–H groups in total. The number of rotatable bonds is 4. The molecule has 0 radical (unpaired) electrons. The third-order valence-corrected chi connectivity index (χ3v) is 11.2. The first-order chi connectivity index (χ1) is 27.4. The van der Waals surface area contributed by atoms with Gasteiger partial charge in [-0.1, -0.05) is 96.1 Å². The summed E-state index contributed by atoms with van der Waals surface area (Å²) < 4.78 is 11.1. The van der Waals surface area contributed by atoms with Gasteiger partial charge in [0.05, 0.1) is 37.0 Å². The number of para-hydroxylation sites is 2. The normalized spacial score (nSPS) is 12.3. The fourth-order valence-electron chi connectivity index (χ4n) is 8.51. The number of nitriles is 2. The van der Waals surface area contributed by atoms with Crippen molar-refractivity contribution < 1.29 is 9.47 Å². The molecule has 4 aromatic heterocycles. The van der Waals surface area contributed by atoms with Gasteiger partial charge in [0.2, 0.25) is 11.8 Å². The summed E-state index contributed by atoms with van der Waals surface area (Å²) in [5.74, 6) is 0.756. The maximum atomic E-state index is 9.88. The molecular formula is C48H38N6O2. The summed E-state index contributed by atoms with van der Waals surface area (Å²) in [7, 11) is 3.15. The van der Waals surface area contributed by atoms with Crippen LogP contribution in [0, 0.1) is 36.5 Å². The van der Waals surface area contributed by atoms with E-state index in [0.29, 0.717) is 22.9 Å². The van der Waals surface area contributed by atoms with Crippen molar-refractivity contribution in [3.63, 3.8) is 0 Å². The molecule has 8 heteroatoms. The molecule has 0 fully saturated rings. The largest absolute Gasteiger partial charge is 0.480 e. The number of aromatic amines is 2. The third-order valence-electron chi connectivity index (χ3n) is 11.2. The molecule has 8 nitrogen and oxygen atoms in total. The van der Waals surface area contributed by atoms with Crippen LogP contribution in [-0.2, 0) is 25.7 Å². The predicted molar refractivity (Wildman–Crippen MR) is 221 cm³/mol. The minimum Gasteiger partial charge on any atom is -0.480 e. The van der Waals surface area contributed by atoms with E-state index >= 15 is 0 Å². The van der Waals surface area contributed by atoms with Gasteiger partial charge in [0, 0.05) is 32.9 Å². The number of ether oxygens (including phenoxy) is 2. The average molecular weight is 731 g/mol. The van der Waals surface area contributed by atoms with Gasteiger partial charge in [-0.05, 0) is 85.0 Å². The first-order valence-corrected chi connectivity index (χ1v) is 18.8. The van der Waals surface area contributed by atoms with Crippen molar-refractivity contribution in [2.24, 2.45) is 0 Å². The second-order valence-electron chi connectivity index (χ2n) is 14.4. The molecule has 0 spiro atoms. The molecule has 0 amide bonds. The zero-order valence-corrected chi connectivity index (χ0v) is 31.7. The van der Waals surface area contributed by atoms with Crippen LogP contribution in [0.3, 0.4) is 0 Å². The Balaban J connectivity index is 0.000000146. The van der Waals surface area contributed by atoms with E-state index in [0.717, 1.165) is 92.9 Å². The van der Waals surface area contributed by atoms with E-state index in [1.807, 2.05) is 12.1 Å². The van der Waals surface area contributed by atoms with E-state index in [2.05, 4.69) is 121 Å². The first kappa shape index (κ1) is 34.6. The number of pyridine rings is 2.